The van der Waals surface area contributed by atoms with Crippen molar-refractivity contribution < 1.29 is 110 Å². The Hall–Kier alpha value is -9.64. The highest BCUT2D eigenvalue weighted by molar-refractivity contribution is 9.10. The minimum Gasteiger partial charge on any atom is -0.453 e. The number of aliphatic hydroxyl groups is 4. The van der Waals surface area contributed by atoms with Gasteiger partial charge < -0.3 is 106 Å². The Balaban J connectivity index is 2.48. The highest BCUT2D eigenvalue weighted by atomic mass is 79.9. The standard InChI is InChI=1S/C67H100BrF3N16O20/c1-12-33(10)45-59(99)84-46(34(11)89)58(98)76-27-44(90)82-48(51(92)53(73)93)61(101)81-43(28-88)63(103)107-52(35-18-20-38(21-19-35)106-64(104)67(69,70)71)49(86-57(97)42(25-31(6)7)79-54(94)39(72)23-29(2)3)62(102)85-47(50(91)32(8)9)60(100)80-41(24-30(4)5)56(96)78-40(55(95)83-45)17-14-22-75-65(74)87-66(105)77-37-16-13-15-36(68)26-37/h13,15-16,18-21,26,29-34,39-43,45-52,88-89,91-92H,12,14,17,22-25,27-28,72H2,1-11H3,(H2,73,93)(H,76,98)(H,78,96)(H,79,94)(H,80,100)(H,81,101)(H,82,90)(H,83,95)(H,84,99)(H,85,102)(H,86,97)(H4,74,75,77,87,105)/t33-,34-,39+,40+,41-,42-,43-,45-,46-,47-,48-,49-,50+,51-,52+/m0/s1. The number of anilines is 1. The number of benzene rings is 2. The first-order valence-electron chi connectivity index (χ1n) is 34.3. The highest BCUT2D eigenvalue weighted by Gasteiger charge is 2.45. The van der Waals surface area contributed by atoms with Crippen molar-refractivity contribution in [3.8, 4) is 5.75 Å². The van der Waals surface area contributed by atoms with E-state index in [2.05, 4.69) is 78.8 Å². The van der Waals surface area contributed by atoms with Crippen molar-refractivity contribution >= 4 is 111 Å². The van der Waals surface area contributed by atoms with Gasteiger partial charge in [0.1, 0.15) is 54.1 Å². The van der Waals surface area contributed by atoms with Crippen LogP contribution in [0.2, 0.25) is 0 Å². The maximum Gasteiger partial charge on any atom is 0.491 e. The van der Waals surface area contributed by atoms with Crippen molar-refractivity contribution in [2.24, 2.45) is 51.8 Å². The molecule has 3 rings (SSSR count). The summed E-state index contributed by atoms with van der Waals surface area (Å²) < 4.78 is 51.4. The van der Waals surface area contributed by atoms with Crippen LogP contribution in [0.5, 0.6) is 5.75 Å². The molecule has 0 spiro atoms. The van der Waals surface area contributed by atoms with Crippen LogP contribution in [-0.2, 0) is 67.1 Å². The molecule has 0 bridgehead atoms. The molecule has 15 atom stereocenters. The van der Waals surface area contributed by atoms with Gasteiger partial charge >= 0.3 is 24.1 Å². The zero-order chi connectivity index (χ0) is 81.1. The van der Waals surface area contributed by atoms with Crippen LogP contribution >= 0.6 is 15.9 Å². The number of rotatable bonds is 25. The molecule has 1 aliphatic rings. The van der Waals surface area contributed by atoms with Gasteiger partial charge in [0.2, 0.25) is 65.0 Å². The number of hydrogen-bond donors (Lipinski definition) is 19. The minimum absolute atomic E-state index is 0.0953. The monoisotopic (exact) mass is 1580 g/mol. The second-order valence-corrected chi connectivity index (χ2v) is 28.1. The van der Waals surface area contributed by atoms with Crippen LogP contribution in [0, 0.1) is 29.6 Å². The molecule has 1 heterocycles. The van der Waals surface area contributed by atoms with Crippen molar-refractivity contribution in [2.45, 2.75) is 206 Å². The van der Waals surface area contributed by atoms with Crippen molar-refractivity contribution in [1.29, 1.82) is 0 Å². The van der Waals surface area contributed by atoms with Crippen molar-refractivity contribution in [1.82, 2.24) is 58.5 Å². The summed E-state index contributed by atoms with van der Waals surface area (Å²) in [5.74, 6) is -23.3. The average molecular weight is 1590 g/mol. The zero-order valence-corrected chi connectivity index (χ0v) is 62.6. The van der Waals surface area contributed by atoms with Crippen LogP contribution in [0.25, 0.3) is 0 Å². The summed E-state index contributed by atoms with van der Waals surface area (Å²) in [6, 6.07) is -10.9. The van der Waals surface area contributed by atoms with E-state index in [0.29, 0.717) is 22.3 Å². The molecule has 0 radical (unpaired) electrons. The lowest BCUT2D eigenvalue weighted by Gasteiger charge is -2.34. The van der Waals surface area contributed by atoms with Gasteiger partial charge in [-0.15, -0.1) is 0 Å². The first-order valence-corrected chi connectivity index (χ1v) is 35.1. The summed E-state index contributed by atoms with van der Waals surface area (Å²) >= 11 is 3.30. The Bertz CT molecular complexity index is 3480. The number of hydrogen-bond acceptors (Lipinski definition) is 22. The first kappa shape index (κ1) is 91.6. The Morgan fingerprint density at radius 3 is 1.81 bits per heavy atom. The lowest BCUT2D eigenvalue weighted by Crippen LogP contribution is -2.64. The second-order valence-electron chi connectivity index (χ2n) is 27.2. The molecule has 40 heteroatoms. The third-order valence-electron chi connectivity index (χ3n) is 16.3. The van der Waals surface area contributed by atoms with E-state index in [9.17, 15) is 91.1 Å². The summed E-state index contributed by atoms with van der Waals surface area (Å²) in [4.78, 5) is 201. The van der Waals surface area contributed by atoms with Gasteiger partial charge in [0.15, 0.2) is 24.2 Å². The largest absolute Gasteiger partial charge is 0.491 e. The van der Waals surface area contributed by atoms with Crippen molar-refractivity contribution in [3.63, 3.8) is 0 Å². The molecule has 0 aromatic heterocycles. The molecule has 0 saturated carbocycles. The second kappa shape index (κ2) is 43.2. The van der Waals surface area contributed by atoms with E-state index >= 15 is 9.59 Å². The Labute approximate surface area is 623 Å². The molecule has 1 fully saturated rings. The number of cyclic esters (lactones) is 1. The third kappa shape index (κ3) is 30.3. The Morgan fingerprint density at radius 1 is 0.692 bits per heavy atom. The number of nitrogens with one attached hydrogen (secondary N) is 12. The van der Waals surface area contributed by atoms with Crippen LogP contribution in [0.3, 0.4) is 0 Å². The van der Waals surface area contributed by atoms with E-state index in [1.165, 1.54) is 20.8 Å². The lowest BCUT2D eigenvalue weighted by atomic mass is 9.95. The maximum absolute atomic E-state index is 15.6. The maximum atomic E-state index is 15.6. The molecule has 36 nitrogen and oxygen atoms in total. The van der Waals surface area contributed by atoms with Crippen LogP contribution in [-0.4, -0.2) is 214 Å². The summed E-state index contributed by atoms with van der Waals surface area (Å²) in [5, 5.41) is 72.6. The van der Waals surface area contributed by atoms with E-state index in [4.69, 9.17) is 21.9 Å². The van der Waals surface area contributed by atoms with Crippen molar-refractivity contribution in [3.05, 3.63) is 58.6 Å². The molecule has 1 saturated heterocycles. The van der Waals surface area contributed by atoms with Crippen LogP contribution in [0.15, 0.2) is 58.0 Å². The van der Waals surface area contributed by atoms with E-state index in [1.54, 1.807) is 72.7 Å². The fourth-order valence-corrected chi connectivity index (χ4v) is 10.8. The molecule has 22 N–H and O–H groups in total. The Morgan fingerprint density at radius 2 is 1.26 bits per heavy atom. The fraction of sp³-hybridized carbons (Fsp3) is 0.597. The summed E-state index contributed by atoms with van der Waals surface area (Å²) in [6.45, 7) is 14.0. The number of ether oxygens (including phenoxy) is 2. The number of urea groups is 1. The van der Waals surface area contributed by atoms with Gasteiger partial charge in [-0.25, -0.2) is 14.4 Å². The zero-order valence-electron chi connectivity index (χ0n) is 61.0. The van der Waals surface area contributed by atoms with E-state index < -0.39 is 222 Å². The van der Waals surface area contributed by atoms with Crippen LogP contribution in [0.1, 0.15) is 126 Å². The number of aliphatic hydroxyl groups excluding tert-OH is 4. The molecule has 1 aliphatic heterocycles. The van der Waals surface area contributed by atoms with E-state index in [1.807, 2.05) is 10.6 Å². The SMILES string of the molecule is CC[C@H](C)[C@@H]1NC(=O)[C@@H](CCCN=C(N)NC(=O)Nc2cccc(Br)c2)NC(=O)[C@H](CC(C)C)NC(=O)[C@H]([C@H](O)C(C)C)NC(=O)[C@@H](NC(=O)[C@H](CC(C)C)NC(=O)[C@H](N)CC(C)C)[C@@H](c2ccc(OC(=O)C(F)(F)F)cc2)OC(=O)[C@H](CO)NC(=O)[C@H]([C@H](O)C(N)=O)NC(=O)CNC(=O)[C@H]([C@H](C)O)NC1=O. The molecule has 0 unspecified atom stereocenters. The van der Waals surface area contributed by atoms with Gasteiger partial charge in [0.25, 0.3) is 0 Å². The van der Waals surface area contributed by atoms with Gasteiger partial charge in [0, 0.05) is 16.7 Å². The van der Waals surface area contributed by atoms with Crippen molar-refractivity contribution in [2.75, 3.05) is 25.0 Å². The van der Waals surface area contributed by atoms with Gasteiger partial charge in [-0.3, -0.25) is 63.0 Å². The average Bonchev–Trinajstić information content (AvgIpc) is 0.806. The minimum atomic E-state index is -5.55. The number of alkyl halides is 3. The summed E-state index contributed by atoms with van der Waals surface area (Å²) in [6.07, 6.45) is -15.2. The molecule has 2 aromatic carbocycles. The smallest absolute Gasteiger partial charge is 0.453 e. The molecule has 0 aliphatic carbocycles. The van der Waals surface area contributed by atoms with Gasteiger partial charge in [-0.1, -0.05) is 110 Å². The molecule has 596 valence electrons. The highest BCUT2D eigenvalue weighted by Crippen LogP contribution is 2.28. The molecular weight excluding hydrogens is 1490 g/mol. The molecule has 2 aromatic rings. The number of nitrogens with zero attached hydrogens (tertiary/aromatic N) is 1. The molecule has 107 heavy (non-hydrogen) atoms. The number of halogens is 4. The third-order valence-corrected chi connectivity index (χ3v) is 16.8. The number of primary amides is 1. The quantitative estimate of drug-likeness (QED) is 0.0163. The topological polar surface area (TPSA) is 573 Å². The fourth-order valence-electron chi connectivity index (χ4n) is 10.4. The summed E-state index contributed by atoms with van der Waals surface area (Å²) in [7, 11) is 0. The molecular formula is C67H100BrF3N16O20. The number of esters is 2. The van der Waals surface area contributed by atoms with Gasteiger partial charge in [0.05, 0.1) is 31.4 Å². The van der Waals surface area contributed by atoms with Gasteiger partial charge in [-0.05, 0) is 105 Å². The lowest BCUT2D eigenvalue weighted by molar-refractivity contribution is -0.189. The van der Waals surface area contributed by atoms with Gasteiger partial charge in [-0.2, -0.15) is 13.2 Å². The number of aliphatic imine (C=N–C) groups is 1. The van der Waals surface area contributed by atoms with Crippen LogP contribution < -0.4 is 85.7 Å². The number of carbonyl (C=O) groups is 14. The summed E-state index contributed by atoms with van der Waals surface area (Å²) in [5.41, 5.74) is 17.4. The van der Waals surface area contributed by atoms with E-state index in [-0.39, 0.29) is 56.9 Å². The Kier molecular flexibility index (Phi) is 37.0. The molecule has 13 amide bonds. The normalized spacial score (nSPS) is 22.9. The number of guanidine groups is 1. The first-order chi connectivity index (χ1) is 49.9. The van der Waals surface area contributed by atoms with Crippen LogP contribution in [0.4, 0.5) is 23.7 Å². The number of carbonyl (C=O) groups excluding carboxylic acids is 14. The number of nitrogens with two attached hydrogens (primary N) is 3. The predicted octanol–water partition coefficient (Wildman–Crippen LogP) is -2.34. The van der Waals surface area contributed by atoms with E-state index in [0.717, 1.165) is 19.1 Å². The predicted molar refractivity (Wildman–Crippen MR) is 380 cm³/mol. The number of amides is 13.